The Balaban J connectivity index is 1.70. The minimum atomic E-state index is -0.466. The molecule has 36 heavy (non-hydrogen) atoms. The van der Waals surface area contributed by atoms with Crippen LogP contribution in [0, 0.1) is 0 Å². The number of Topliss-reactive ketones (excluding diaryl/α,β-unsaturated/α-hetero) is 1. The van der Waals surface area contributed by atoms with Crippen molar-refractivity contribution in [3.63, 3.8) is 0 Å². The van der Waals surface area contributed by atoms with Crippen LogP contribution in [-0.4, -0.2) is 25.9 Å². The molecule has 184 valence electrons. The van der Waals surface area contributed by atoms with Crippen LogP contribution in [0.15, 0.2) is 78.0 Å². The molecule has 3 aromatic rings. The summed E-state index contributed by atoms with van der Waals surface area (Å²) in [5.41, 5.74) is 3.66. The number of ketones is 1. The van der Waals surface area contributed by atoms with E-state index in [1.54, 1.807) is 49.5 Å². The van der Waals surface area contributed by atoms with Gasteiger partial charge in [0.25, 0.3) is 0 Å². The van der Waals surface area contributed by atoms with E-state index in [0.29, 0.717) is 56.9 Å². The summed E-state index contributed by atoms with van der Waals surface area (Å²) in [5.74, 6) is 0.479. The molecule has 0 aromatic heterocycles. The van der Waals surface area contributed by atoms with Crippen LogP contribution in [0.1, 0.15) is 42.2 Å². The van der Waals surface area contributed by atoms with Crippen LogP contribution in [0.5, 0.6) is 11.5 Å². The Labute approximate surface area is 220 Å². The van der Waals surface area contributed by atoms with E-state index in [0.717, 1.165) is 5.56 Å². The number of benzene rings is 3. The van der Waals surface area contributed by atoms with E-state index < -0.39 is 5.92 Å². The zero-order valence-electron chi connectivity index (χ0n) is 20.0. The fourth-order valence-corrected chi connectivity index (χ4v) is 5.71. The van der Waals surface area contributed by atoms with Gasteiger partial charge in [-0.05, 0) is 29.5 Å². The van der Waals surface area contributed by atoms with Gasteiger partial charge in [0, 0.05) is 48.2 Å². The second-order valence-electron chi connectivity index (χ2n) is 9.00. The quantitative estimate of drug-likeness (QED) is 0.365. The lowest BCUT2D eigenvalue weighted by molar-refractivity contribution is -0.120. The predicted octanol–water partition coefficient (Wildman–Crippen LogP) is 6.93. The first-order chi connectivity index (χ1) is 17.4. The maximum Gasteiger partial charge on any atom is 0.232 e. The van der Waals surface area contributed by atoms with E-state index in [-0.39, 0.29) is 24.0 Å². The molecule has 2 unspecified atom stereocenters. The van der Waals surface area contributed by atoms with Crippen molar-refractivity contribution in [1.29, 1.82) is 0 Å². The minimum Gasteiger partial charge on any atom is -0.497 e. The third-order valence-electron chi connectivity index (χ3n) is 6.95. The largest absolute Gasteiger partial charge is 0.497 e. The van der Waals surface area contributed by atoms with Gasteiger partial charge in [-0.1, -0.05) is 65.7 Å². The summed E-state index contributed by atoms with van der Waals surface area (Å²) in [6.45, 7) is 0. The van der Waals surface area contributed by atoms with Crippen LogP contribution >= 0.6 is 23.2 Å². The van der Waals surface area contributed by atoms with Crippen molar-refractivity contribution in [2.24, 2.45) is 0 Å². The topological polar surface area (TPSA) is 55.8 Å². The van der Waals surface area contributed by atoms with Crippen LogP contribution in [0.25, 0.3) is 0 Å². The summed E-state index contributed by atoms with van der Waals surface area (Å²) in [6.07, 6.45) is 0.992. The Bertz CT molecular complexity index is 1350. The summed E-state index contributed by atoms with van der Waals surface area (Å²) < 4.78 is 10.9. The monoisotopic (exact) mass is 521 g/mol. The van der Waals surface area contributed by atoms with E-state index in [4.69, 9.17) is 32.7 Å². The maximum atomic E-state index is 13.8. The summed E-state index contributed by atoms with van der Waals surface area (Å²) >= 11 is 12.9. The van der Waals surface area contributed by atoms with Crippen molar-refractivity contribution in [3.05, 3.63) is 99.2 Å². The van der Waals surface area contributed by atoms with Crippen LogP contribution in [0.4, 0.5) is 5.69 Å². The van der Waals surface area contributed by atoms with Gasteiger partial charge in [0.15, 0.2) is 5.78 Å². The average molecular weight is 522 g/mol. The third kappa shape index (κ3) is 4.38. The summed E-state index contributed by atoms with van der Waals surface area (Å²) in [5, 5.41) is 0.771. The second kappa shape index (κ2) is 10.00. The fourth-order valence-electron chi connectivity index (χ4n) is 5.27. The van der Waals surface area contributed by atoms with Crippen molar-refractivity contribution < 1.29 is 19.1 Å². The molecule has 2 atom stereocenters. The molecule has 0 radical (unpaired) electrons. The first kappa shape index (κ1) is 24.4. The molecule has 0 saturated heterocycles. The van der Waals surface area contributed by atoms with E-state index in [2.05, 4.69) is 0 Å². The number of anilines is 1. The first-order valence-electron chi connectivity index (χ1n) is 11.7. The molecule has 0 saturated carbocycles. The van der Waals surface area contributed by atoms with Gasteiger partial charge < -0.3 is 9.47 Å². The number of ether oxygens (including phenoxy) is 2. The maximum absolute atomic E-state index is 13.8. The third-order valence-corrected chi connectivity index (χ3v) is 7.79. The molecule has 1 aliphatic carbocycles. The summed E-state index contributed by atoms with van der Waals surface area (Å²) in [6, 6.07) is 20.6. The SMILES string of the molecule is COc1cc(OC)cc(N2C(=O)CC(c3cccc(Cl)c3Cl)C3=C2CC(c2ccccc2)CC3=O)c1. The number of amides is 1. The van der Waals surface area contributed by atoms with Crippen molar-refractivity contribution in [1.82, 2.24) is 0 Å². The Hall–Kier alpha value is -3.28. The molecule has 1 aliphatic heterocycles. The normalized spacial score (nSPS) is 19.8. The number of halogens is 2. The number of carbonyl (C=O) groups excluding carboxylic acids is 2. The minimum absolute atomic E-state index is 0.0125. The highest BCUT2D eigenvalue weighted by Gasteiger charge is 2.43. The molecule has 2 aliphatic rings. The zero-order valence-corrected chi connectivity index (χ0v) is 21.5. The number of rotatable bonds is 5. The molecule has 3 aromatic carbocycles. The molecular weight excluding hydrogens is 497 g/mol. The van der Waals surface area contributed by atoms with Crippen LogP contribution in [-0.2, 0) is 9.59 Å². The Morgan fingerprint density at radius 3 is 2.19 bits per heavy atom. The van der Waals surface area contributed by atoms with Crippen molar-refractivity contribution in [2.45, 2.75) is 31.1 Å². The van der Waals surface area contributed by atoms with Crippen molar-refractivity contribution in [2.75, 3.05) is 19.1 Å². The van der Waals surface area contributed by atoms with Gasteiger partial charge >= 0.3 is 0 Å². The van der Waals surface area contributed by atoms with E-state index in [1.165, 1.54) is 0 Å². The Morgan fingerprint density at radius 1 is 0.833 bits per heavy atom. The van der Waals surface area contributed by atoms with Crippen LogP contribution in [0.3, 0.4) is 0 Å². The van der Waals surface area contributed by atoms with Crippen molar-refractivity contribution >= 4 is 40.6 Å². The molecule has 0 bridgehead atoms. The summed E-state index contributed by atoms with van der Waals surface area (Å²) in [7, 11) is 3.13. The lowest BCUT2D eigenvalue weighted by atomic mass is 9.72. The van der Waals surface area contributed by atoms with Crippen LogP contribution < -0.4 is 14.4 Å². The van der Waals surface area contributed by atoms with Gasteiger partial charge in [-0.15, -0.1) is 0 Å². The number of hydrogen-bond donors (Lipinski definition) is 0. The van der Waals surface area contributed by atoms with Crippen molar-refractivity contribution in [3.8, 4) is 11.5 Å². The van der Waals surface area contributed by atoms with E-state index >= 15 is 0 Å². The molecular formula is C29H25Cl2NO4. The number of nitrogens with zero attached hydrogens (tertiary/aromatic N) is 1. The highest BCUT2D eigenvalue weighted by molar-refractivity contribution is 6.42. The van der Waals surface area contributed by atoms with Gasteiger partial charge in [-0.25, -0.2) is 0 Å². The molecule has 7 heteroatoms. The molecule has 0 N–H and O–H groups in total. The molecule has 1 heterocycles. The number of methoxy groups -OCH3 is 2. The van der Waals surface area contributed by atoms with Crippen LogP contribution in [0.2, 0.25) is 10.0 Å². The second-order valence-corrected chi connectivity index (χ2v) is 9.78. The molecule has 0 spiro atoms. The first-order valence-corrected chi connectivity index (χ1v) is 12.5. The lowest BCUT2D eigenvalue weighted by Crippen LogP contribution is -2.42. The van der Waals surface area contributed by atoms with Gasteiger partial charge in [0.05, 0.1) is 30.0 Å². The van der Waals surface area contributed by atoms with Gasteiger partial charge in [0.1, 0.15) is 11.5 Å². The Morgan fingerprint density at radius 2 is 1.53 bits per heavy atom. The van der Waals surface area contributed by atoms with E-state index in [9.17, 15) is 9.59 Å². The molecule has 1 amide bonds. The molecule has 5 rings (SSSR count). The Kier molecular flexibility index (Phi) is 6.78. The zero-order chi connectivity index (χ0) is 25.4. The summed E-state index contributed by atoms with van der Waals surface area (Å²) in [4.78, 5) is 29.3. The number of carbonyl (C=O) groups is 2. The molecule has 5 nitrogen and oxygen atoms in total. The number of allylic oxidation sites excluding steroid dienone is 2. The predicted molar refractivity (Wildman–Crippen MR) is 141 cm³/mol. The van der Waals surface area contributed by atoms with Gasteiger partial charge in [0.2, 0.25) is 5.91 Å². The fraction of sp³-hybridized carbons (Fsp3) is 0.241. The number of hydrogen-bond acceptors (Lipinski definition) is 4. The molecule has 0 fully saturated rings. The van der Waals surface area contributed by atoms with E-state index in [1.807, 2.05) is 36.4 Å². The highest BCUT2D eigenvalue weighted by atomic mass is 35.5. The lowest BCUT2D eigenvalue weighted by Gasteiger charge is -2.40. The standard InChI is InChI=1S/C29H25Cl2NO4/c1-35-20-13-19(14-21(15-20)36-2)32-25-11-18(17-7-4-3-5-8-17)12-26(33)28(25)23(16-27(32)34)22-9-6-10-24(30)29(22)31/h3-10,13-15,18,23H,11-12,16H2,1-2H3. The smallest absolute Gasteiger partial charge is 0.232 e. The average Bonchev–Trinajstić information content (AvgIpc) is 2.89. The highest BCUT2D eigenvalue weighted by Crippen LogP contribution is 2.49. The van der Waals surface area contributed by atoms with Gasteiger partial charge in [-0.2, -0.15) is 0 Å². The van der Waals surface area contributed by atoms with Gasteiger partial charge in [-0.3, -0.25) is 14.5 Å².